The lowest BCUT2D eigenvalue weighted by atomic mass is 10.2. The molecule has 1 aromatic heterocycles. The number of hydrogen-bond donors (Lipinski definition) is 2. The minimum atomic E-state index is -0.484. The number of rotatable bonds is 7. The zero-order valence-corrected chi connectivity index (χ0v) is 15.9. The molecule has 0 fully saturated rings. The fourth-order valence-electron chi connectivity index (χ4n) is 2.50. The highest BCUT2D eigenvalue weighted by molar-refractivity contribution is 5.97. The molecule has 29 heavy (non-hydrogen) atoms. The number of carbonyl (C=O) groups is 2. The van der Waals surface area contributed by atoms with Gasteiger partial charge in [-0.3, -0.25) is 20.4 Å². The number of hydrazine groups is 1. The molecule has 0 saturated heterocycles. The van der Waals surface area contributed by atoms with Crippen molar-refractivity contribution in [2.45, 2.75) is 13.5 Å². The summed E-state index contributed by atoms with van der Waals surface area (Å²) in [5.41, 5.74) is 6.72. The van der Waals surface area contributed by atoms with Crippen molar-refractivity contribution in [1.29, 1.82) is 0 Å². The second-order valence-corrected chi connectivity index (χ2v) is 6.06. The first-order valence-corrected chi connectivity index (χ1v) is 9.09. The van der Waals surface area contributed by atoms with Crippen molar-refractivity contribution < 1.29 is 14.3 Å². The molecule has 1 heterocycles. The van der Waals surface area contributed by atoms with Gasteiger partial charge in [-0.1, -0.05) is 35.5 Å². The van der Waals surface area contributed by atoms with E-state index in [1.165, 1.54) is 12.2 Å². The summed E-state index contributed by atoms with van der Waals surface area (Å²) in [6.45, 7) is 3.02. The van der Waals surface area contributed by atoms with Gasteiger partial charge in [0.25, 0.3) is 11.8 Å². The van der Waals surface area contributed by atoms with Crippen molar-refractivity contribution in [2.75, 3.05) is 6.61 Å². The third kappa shape index (κ3) is 6.03. The second-order valence-electron chi connectivity index (χ2n) is 6.06. The maximum Gasteiger partial charge on any atom is 0.269 e. The summed E-state index contributed by atoms with van der Waals surface area (Å²) in [7, 11) is 0. The van der Waals surface area contributed by atoms with Crippen LogP contribution in [-0.2, 0) is 11.3 Å². The molecule has 2 aromatic carbocycles. The first kappa shape index (κ1) is 19.8. The molecule has 3 rings (SSSR count). The van der Waals surface area contributed by atoms with E-state index in [-0.39, 0.29) is 0 Å². The summed E-state index contributed by atoms with van der Waals surface area (Å²) in [5.74, 6) is -0.234. The van der Waals surface area contributed by atoms with E-state index in [0.29, 0.717) is 30.2 Å². The molecule has 0 bridgehead atoms. The third-order valence-electron chi connectivity index (χ3n) is 3.88. The molecule has 148 valence electrons. The number of amides is 2. The van der Waals surface area contributed by atoms with E-state index in [9.17, 15) is 9.59 Å². The van der Waals surface area contributed by atoms with Gasteiger partial charge in [0.2, 0.25) is 0 Å². The molecule has 0 aliphatic carbocycles. The molecule has 0 unspecified atom stereocenters. The minimum Gasteiger partial charge on any atom is -0.494 e. The fraction of sp³-hybridized carbons (Fsp3) is 0.143. The quantitative estimate of drug-likeness (QED) is 0.475. The van der Waals surface area contributed by atoms with Crippen LogP contribution < -0.4 is 15.6 Å². The molecule has 2 N–H and O–H groups in total. The van der Waals surface area contributed by atoms with Crippen LogP contribution in [0.4, 0.5) is 0 Å². The van der Waals surface area contributed by atoms with Gasteiger partial charge >= 0.3 is 0 Å². The highest BCUT2D eigenvalue weighted by atomic mass is 16.5. The molecule has 0 aliphatic rings. The van der Waals surface area contributed by atoms with Crippen LogP contribution in [0.3, 0.4) is 0 Å². The molecular formula is C21H21N5O3. The lowest BCUT2D eigenvalue weighted by Crippen LogP contribution is -2.40. The Morgan fingerprint density at radius 3 is 2.55 bits per heavy atom. The van der Waals surface area contributed by atoms with Crippen molar-refractivity contribution in [3.8, 4) is 5.75 Å². The Morgan fingerprint density at radius 2 is 1.83 bits per heavy atom. The van der Waals surface area contributed by atoms with Gasteiger partial charge in [-0.05, 0) is 42.8 Å². The van der Waals surface area contributed by atoms with Crippen LogP contribution >= 0.6 is 0 Å². The summed E-state index contributed by atoms with van der Waals surface area (Å²) < 4.78 is 7.01. The van der Waals surface area contributed by atoms with Crippen LogP contribution in [0.1, 0.15) is 28.5 Å². The largest absolute Gasteiger partial charge is 0.494 e. The standard InChI is InChI=1S/C21H21N5O3/c1-2-29-19-11-8-17(9-12-19)21(28)24-23-20(27)13-10-18-15-26(25-22-18)14-16-6-4-3-5-7-16/h3-13,15H,2,14H2,1H3,(H,23,27)(H,24,28)/b13-10+. The molecule has 8 nitrogen and oxygen atoms in total. The van der Waals surface area contributed by atoms with E-state index in [1.54, 1.807) is 35.1 Å². The smallest absolute Gasteiger partial charge is 0.269 e. The van der Waals surface area contributed by atoms with Gasteiger partial charge in [-0.2, -0.15) is 0 Å². The number of ether oxygens (including phenoxy) is 1. The molecule has 8 heteroatoms. The average molecular weight is 391 g/mol. The average Bonchev–Trinajstić information content (AvgIpc) is 3.19. The number of nitrogens with one attached hydrogen (secondary N) is 2. The van der Waals surface area contributed by atoms with Gasteiger partial charge < -0.3 is 4.74 Å². The van der Waals surface area contributed by atoms with Crippen molar-refractivity contribution in [2.24, 2.45) is 0 Å². The van der Waals surface area contributed by atoms with Crippen molar-refractivity contribution in [3.63, 3.8) is 0 Å². The SMILES string of the molecule is CCOc1ccc(C(=O)NNC(=O)/C=C/c2cn(Cc3ccccc3)nn2)cc1. The summed E-state index contributed by atoms with van der Waals surface area (Å²) in [4.78, 5) is 24.0. The molecular weight excluding hydrogens is 370 g/mol. The number of aromatic nitrogens is 3. The highest BCUT2D eigenvalue weighted by Gasteiger charge is 2.06. The van der Waals surface area contributed by atoms with Crippen LogP contribution in [0, 0.1) is 0 Å². The summed E-state index contributed by atoms with van der Waals surface area (Å²) in [6.07, 6.45) is 4.53. The lowest BCUT2D eigenvalue weighted by molar-refractivity contribution is -0.117. The monoisotopic (exact) mass is 391 g/mol. The van der Waals surface area contributed by atoms with E-state index in [0.717, 1.165) is 5.56 Å². The van der Waals surface area contributed by atoms with E-state index in [2.05, 4.69) is 21.2 Å². The molecule has 0 radical (unpaired) electrons. The van der Waals surface area contributed by atoms with Gasteiger partial charge in [-0.15, -0.1) is 5.10 Å². The normalized spacial score (nSPS) is 10.7. The zero-order valence-electron chi connectivity index (χ0n) is 15.9. The molecule has 0 saturated carbocycles. The highest BCUT2D eigenvalue weighted by Crippen LogP contribution is 2.11. The summed E-state index contributed by atoms with van der Waals surface area (Å²) in [6, 6.07) is 16.5. The van der Waals surface area contributed by atoms with Crippen molar-refractivity contribution in [1.82, 2.24) is 25.8 Å². The first-order chi connectivity index (χ1) is 14.1. The Hall–Kier alpha value is -3.94. The Balaban J connectivity index is 1.47. The van der Waals surface area contributed by atoms with Gasteiger partial charge in [-0.25, -0.2) is 4.68 Å². The van der Waals surface area contributed by atoms with Gasteiger partial charge in [0.05, 0.1) is 19.3 Å². The maximum absolute atomic E-state index is 12.1. The summed E-state index contributed by atoms with van der Waals surface area (Å²) >= 11 is 0. The second kappa shape index (κ2) is 9.84. The minimum absolute atomic E-state index is 0.404. The molecule has 3 aromatic rings. The number of hydrogen-bond acceptors (Lipinski definition) is 5. The Labute approximate surface area is 168 Å². The Bertz CT molecular complexity index is 981. The molecule has 0 spiro atoms. The predicted octanol–water partition coefficient (Wildman–Crippen LogP) is 2.20. The Kier molecular flexibility index (Phi) is 6.72. The topological polar surface area (TPSA) is 98.1 Å². The van der Waals surface area contributed by atoms with Gasteiger partial charge in [0.15, 0.2) is 0 Å². The van der Waals surface area contributed by atoms with E-state index in [4.69, 9.17) is 4.74 Å². The van der Waals surface area contributed by atoms with Crippen LogP contribution in [0.2, 0.25) is 0 Å². The molecule has 0 aliphatic heterocycles. The number of carbonyl (C=O) groups excluding carboxylic acids is 2. The maximum atomic E-state index is 12.1. The van der Waals surface area contributed by atoms with Crippen LogP contribution in [-0.4, -0.2) is 33.4 Å². The fourth-order valence-corrected chi connectivity index (χ4v) is 2.50. The lowest BCUT2D eigenvalue weighted by Gasteiger charge is -2.06. The van der Waals surface area contributed by atoms with E-state index >= 15 is 0 Å². The van der Waals surface area contributed by atoms with Crippen molar-refractivity contribution >= 4 is 17.9 Å². The van der Waals surface area contributed by atoms with Crippen molar-refractivity contribution in [3.05, 3.63) is 83.7 Å². The number of nitrogens with zero attached hydrogens (tertiary/aromatic N) is 3. The Morgan fingerprint density at radius 1 is 1.07 bits per heavy atom. The third-order valence-corrected chi connectivity index (χ3v) is 3.88. The van der Waals surface area contributed by atoms with E-state index in [1.807, 2.05) is 37.3 Å². The number of benzene rings is 2. The zero-order chi connectivity index (χ0) is 20.5. The van der Waals surface area contributed by atoms with Gasteiger partial charge in [0, 0.05) is 11.6 Å². The predicted molar refractivity (Wildman–Crippen MR) is 108 cm³/mol. The molecule has 0 atom stereocenters. The first-order valence-electron chi connectivity index (χ1n) is 9.09. The van der Waals surface area contributed by atoms with Crippen LogP contribution in [0.25, 0.3) is 6.08 Å². The molecule has 2 amide bonds. The summed E-state index contributed by atoms with van der Waals surface area (Å²) in [5, 5.41) is 8.02. The van der Waals surface area contributed by atoms with Gasteiger partial charge in [0.1, 0.15) is 11.4 Å². The van der Waals surface area contributed by atoms with E-state index < -0.39 is 11.8 Å². The van der Waals surface area contributed by atoms with Crippen LogP contribution in [0.5, 0.6) is 5.75 Å². The van der Waals surface area contributed by atoms with Crippen LogP contribution in [0.15, 0.2) is 66.9 Å².